The van der Waals surface area contributed by atoms with Crippen LogP contribution in [0.4, 0.5) is 0 Å². The van der Waals surface area contributed by atoms with Crippen LogP contribution in [0.25, 0.3) is 22.1 Å². The first kappa shape index (κ1) is 9.32. The van der Waals surface area contributed by atoms with Crippen molar-refractivity contribution in [1.29, 1.82) is 0 Å². The number of aliphatic hydroxyl groups is 2. The molecule has 2 aromatic heterocycles. The highest BCUT2D eigenvalue weighted by molar-refractivity contribution is 5.91. The van der Waals surface area contributed by atoms with Crippen LogP contribution in [0.2, 0.25) is 0 Å². The van der Waals surface area contributed by atoms with Gasteiger partial charge in [-0.1, -0.05) is 0 Å². The fraction of sp³-hybridized carbons (Fsp3) is 0.200. The molecule has 4 N–H and O–H groups in total. The Hall–Kier alpha value is -1.92. The van der Waals surface area contributed by atoms with Gasteiger partial charge in [0.2, 0.25) is 0 Å². The van der Waals surface area contributed by atoms with Gasteiger partial charge in [-0.2, -0.15) is 0 Å². The van der Waals surface area contributed by atoms with Crippen molar-refractivity contribution in [3.8, 4) is 0 Å². The number of H-pyrrole nitrogens is 2. The average molecular weight is 218 g/mol. The van der Waals surface area contributed by atoms with Crippen molar-refractivity contribution in [2.24, 2.45) is 0 Å². The Kier molecular flexibility index (Phi) is 1.92. The number of fused-ring (bicyclic) bond motifs is 2. The molecule has 6 nitrogen and oxygen atoms in total. The molecule has 6 heteroatoms. The van der Waals surface area contributed by atoms with Gasteiger partial charge >= 0.3 is 0 Å². The van der Waals surface area contributed by atoms with Gasteiger partial charge in [-0.05, 0) is 12.1 Å². The Bertz CT molecular complexity index is 550. The summed E-state index contributed by atoms with van der Waals surface area (Å²) in [5.41, 5.74) is 3.19. The lowest BCUT2D eigenvalue weighted by atomic mass is 10.3. The minimum atomic E-state index is -0.113. The molecule has 0 amide bonds. The van der Waals surface area contributed by atoms with Crippen LogP contribution in [0.3, 0.4) is 0 Å². The minimum Gasteiger partial charge on any atom is -0.388 e. The molecule has 0 unspecified atom stereocenters. The minimum absolute atomic E-state index is 0.113. The van der Waals surface area contributed by atoms with E-state index in [1.165, 1.54) is 0 Å². The highest BCUT2D eigenvalue weighted by Gasteiger charge is 2.07. The number of aromatic nitrogens is 4. The molecule has 0 fully saturated rings. The fourth-order valence-corrected chi connectivity index (χ4v) is 1.77. The van der Waals surface area contributed by atoms with E-state index in [1.54, 1.807) is 0 Å². The second-order valence-corrected chi connectivity index (χ2v) is 3.57. The summed E-state index contributed by atoms with van der Waals surface area (Å²) < 4.78 is 0. The van der Waals surface area contributed by atoms with Crippen LogP contribution in [-0.4, -0.2) is 30.1 Å². The van der Waals surface area contributed by atoms with E-state index in [0.29, 0.717) is 11.6 Å². The first-order valence-electron chi connectivity index (χ1n) is 4.89. The first-order chi connectivity index (χ1) is 7.80. The number of rotatable bonds is 2. The number of hydrogen-bond acceptors (Lipinski definition) is 4. The van der Waals surface area contributed by atoms with Crippen LogP contribution in [0.5, 0.6) is 0 Å². The lowest BCUT2D eigenvalue weighted by Crippen LogP contribution is -1.83. The van der Waals surface area contributed by atoms with Crippen molar-refractivity contribution >= 4 is 22.1 Å². The van der Waals surface area contributed by atoms with Gasteiger partial charge in [-0.15, -0.1) is 0 Å². The van der Waals surface area contributed by atoms with E-state index in [-0.39, 0.29) is 13.2 Å². The van der Waals surface area contributed by atoms with Gasteiger partial charge in [0, 0.05) is 0 Å². The number of imidazole rings is 2. The van der Waals surface area contributed by atoms with Gasteiger partial charge in [0.15, 0.2) is 0 Å². The molecule has 16 heavy (non-hydrogen) atoms. The molecule has 0 spiro atoms. The molecule has 0 aliphatic heterocycles. The van der Waals surface area contributed by atoms with E-state index in [1.807, 2.05) is 12.1 Å². The molecular weight excluding hydrogens is 208 g/mol. The summed E-state index contributed by atoms with van der Waals surface area (Å²) in [6.07, 6.45) is 0. The first-order valence-corrected chi connectivity index (χ1v) is 4.89. The summed E-state index contributed by atoms with van der Waals surface area (Å²) in [6, 6.07) is 3.68. The third-order valence-corrected chi connectivity index (χ3v) is 2.48. The standard InChI is InChI=1S/C10H10N4O2/c15-3-9-11-5-1-6-8(2-7(5)13-9)14-10(4-16)12-6/h1-2,15-16H,3-4H2,(H,11,13)(H,12,14). The van der Waals surface area contributed by atoms with Gasteiger partial charge in [-0.25, -0.2) is 9.97 Å². The third-order valence-electron chi connectivity index (χ3n) is 2.48. The smallest absolute Gasteiger partial charge is 0.133 e. The van der Waals surface area contributed by atoms with Crippen LogP contribution < -0.4 is 0 Å². The molecule has 0 saturated carbocycles. The van der Waals surface area contributed by atoms with Gasteiger partial charge < -0.3 is 20.2 Å². The highest BCUT2D eigenvalue weighted by Crippen LogP contribution is 2.19. The number of nitrogens with one attached hydrogen (secondary N) is 2. The van der Waals surface area contributed by atoms with E-state index in [0.717, 1.165) is 22.1 Å². The fourth-order valence-electron chi connectivity index (χ4n) is 1.77. The van der Waals surface area contributed by atoms with Crippen molar-refractivity contribution in [1.82, 2.24) is 19.9 Å². The summed E-state index contributed by atoms with van der Waals surface area (Å²) in [7, 11) is 0. The zero-order valence-corrected chi connectivity index (χ0v) is 8.36. The Morgan fingerprint density at radius 2 is 1.38 bits per heavy atom. The molecule has 2 heterocycles. The van der Waals surface area contributed by atoms with Crippen LogP contribution in [0, 0.1) is 0 Å². The molecule has 82 valence electrons. The van der Waals surface area contributed by atoms with E-state index >= 15 is 0 Å². The molecule has 3 aromatic rings. The lowest BCUT2D eigenvalue weighted by Gasteiger charge is -1.87. The number of aliphatic hydroxyl groups excluding tert-OH is 2. The Morgan fingerprint density at radius 1 is 0.875 bits per heavy atom. The Balaban J connectivity index is 2.28. The predicted octanol–water partition coefficient (Wildman–Crippen LogP) is 0.424. The Morgan fingerprint density at radius 3 is 1.81 bits per heavy atom. The van der Waals surface area contributed by atoms with Gasteiger partial charge in [0.05, 0.1) is 22.1 Å². The van der Waals surface area contributed by atoms with Gasteiger partial charge in [0.25, 0.3) is 0 Å². The van der Waals surface area contributed by atoms with Crippen LogP contribution in [-0.2, 0) is 13.2 Å². The maximum Gasteiger partial charge on any atom is 0.133 e. The second kappa shape index (κ2) is 3.29. The van der Waals surface area contributed by atoms with Crippen molar-refractivity contribution < 1.29 is 10.2 Å². The summed E-state index contributed by atoms with van der Waals surface area (Å²) in [4.78, 5) is 14.4. The van der Waals surface area contributed by atoms with Gasteiger partial charge in [0.1, 0.15) is 24.9 Å². The summed E-state index contributed by atoms with van der Waals surface area (Å²) in [5, 5.41) is 17.9. The molecule has 3 rings (SSSR count). The molecule has 0 aliphatic carbocycles. The molecule has 0 bridgehead atoms. The van der Waals surface area contributed by atoms with Crippen molar-refractivity contribution in [2.45, 2.75) is 13.2 Å². The molecular formula is C10H10N4O2. The van der Waals surface area contributed by atoms with Crippen molar-refractivity contribution in [3.63, 3.8) is 0 Å². The monoisotopic (exact) mass is 218 g/mol. The average Bonchev–Trinajstić information content (AvgIpc) is 2.86. The van der Waals surface area contributed by atoms with E-state index in [4.69, 9.17) is 10.2 Å². The molecule has 0 aliphatic rings. The van der Waals surface area contributed by atoms with Crippen LogP contribution in [0.1, 0.15) is 11.6 Å². The van der Waals surface area contributed by atoms with E-state index in [2.05, 4.69) is 19.9 Å². The second-order valence-electron chi connectivity index (χ2n) is 3.57. The SMILES string of the molecule is OCc1nc2cc3nc(CO)[nH]c3cc2[nH]1. The lowest BCUT2D eigenvalue weighted by molar-refractivity contribution is 0.273. The number of nitrogens with zero attached hydrogens (tertiary/aromatic N) is 2. The zero-order valence-electron chi connectivity index (χ0n) is 8.36. The largest absolute Gasteiger partial charge is 0.388 e. The van der Waals surface area contributed by atoms with Crippen molar-refractivity contribution in [2.75, 3.05) is 0 Å². The third kappa shape index (κ3) is 1.28. The van der Waals surface area contributed by atoms with E-state index < -0.39 is 0 Å². The number of aromatic amines is 2. The number of benzene rings is 1. The van der Waals surface area contributed by atoms with Crippen LogP contribution in [0.15, 0.2) is 12.1 Å². The van der Waals surface area contributed by atoms with Crippen LogP contribution >= 0.6 is 0 Å². The zero-order chi connectivity index (χ0) is 11.1. The molecule has 0 saturated heterocycles. The predicted molar refractivity (Wildman–Crippen MR) is 57.6 cm³/mol. The van der Waals surface area contributed by atoms with Crippen molar-refractivity contribution in [3.05, 3.63) is 23.8 Å². The normalized spacial score (nSPS) is 11.6. The molecule has 0 atom stereocenters. The maximum atomic E-state index is 8.96. The van der Waals surface area contributed by atoms with Gasteiger partial charge in [-0.3, -0.25) is 0 Å². The Labute approximate surface area is 90.0 Å². The summed E-state index contributed by atoms with van der Waals surface area (Å²) in [6.45, 7) is -0.226. The molecule has 1 aromatic carbocycles. The summed E-state index contributed by atoms with van der Waals surface area (Å²) in [5.74, 6) is 1.06. The highest BCUT2D eigenvalue weighted by atomic mass is 16.3. The quantitative estimate of drug-likeness (QED) is 0.501. The molecule has 0 radical (unpaired) electrons. The topological polar surface area (TPSA) is 97.8 Å². The summed E-state index contributed by atoms with van der Waals surface area (Å²) >= 11 is 0. The number of hydrogen-bond donors (Lipinski definition) is 4. The van der Waals surface area contributed by atoms with E-state index in [9.17, 15) is 0 Å². The maximum absolute atomic E-state index is 8.96.